The van der Waals surface area contributed by atoms with E-state index in [1.165, 1.54) is 16.8 Å². The van der Waals surface area contributed by atoms with Gasteiger partial charge in [0.25, 0.3) is 11.5 Å². The highest BCUT2D eigenvalue weighted by Gasteiger charge is 2.28. The lowest BCUT2D eigenvalue weighted by Crippen LogP contribution is -2.30. The van der Waals surface area contributed by atoms with Crippen LogP contribution < -0.4 is 21.9 Å². The smallest absolute Gasteiger partial charge is 0.330 e. The van der Waals surface area contributed by atoms with E-state index in [-0.39, 0.29) is 23.0 Å². The fourth-order valence-corrected chi connectivity index (χ4v) is 3.46. The number of hydrogen-bond donors (Lipinski definition) is 3. The highest BCUT2D eigenvalue weighted by atomic mass is 16.2. The summed E-state index contributed by atoms with van der Waals surface area (Å²) in [6.07, 6.45) is 8.28. The molecule has 4 rings (SSSR count). The largest absolute Gasteiger partial charge is 0.381 e. The zero-order chi connectivity index (χ0) is 21.3. The molecule has 156 valence electrons. The van der Waals surface area contributed by atoms with Gasteiger partial charge in [0.05, 0.1) is 28.5 Å². The molecule has 3 N–H and O–H groups in total. The highest BCUT2D eigenvalue weighted by Crippen LogP contribution is 2.34. The fraction of sp³-hybridized carbons (Fsp3) is 0.381. The lowest BCUT2D eigenvalue weighted by molar-refractivity contribution is 0.102. The van der Waals surface area contributed by atoms with Crippen LogP contribution in [-0.2, 0) is 0 Å². The number of fused-ring (bicyclic) bond motifs is 1. The quantitative estimate of drug-likeness (QED) is 0.552. The first kappa shape index (κ1) is 19.8. The number of anilines is 2. The lowest BCUT2D eigenvalue weighted by atomic mass is 10.1. The van der Waals surface area contributed by atoms with Crippen LogP contribution in [0.5, 0.6) is 0 Å². The summed E-state index contributed by atoms with van der Waals surface area (Å²) >= 11 is 0. The van der Waals surface area contributed by atoms with E-state index in [2.05, 4.69) is 39.4 Å². The van der Waals surface area contributed by atoms with Crippen LogP contribution in [0.2, 0.25) is 0 Å². The third-order valence-corrected chi connectivity index (χ3v) is 5.37. The van der Waals surface area contributed by atoms with Crippen LogP contribution >= 0.6 is 0 Å². The van der Waals surface area contributed by atoms with Crippen LogP contribution in [-0.4, -0.2) is 31.5 Å². The van der Waals surface area contributed by atoms with E-state index in [1.807, 2.05) is 6.07 Å². The number of aromatic nitrogens is 4. The van der Waals surface area contributed by atoms with Gasteiger partial charge in [-0.05, 0) is 37.8 Å². The number of carbonyl (C=O) groups is 1. The number of aromatic amines is 1. The van der Waals surface area contributed by atoms with Crippen molar-refractivity contribution in [2.24, 2.45) is 0 Å². The molecule has 0 unspecified atom stereocenters. The normalized spacial score (nSPS) is 13.6. The van der Waals surface area contributed by atoms with E-state index in [9.17, 15) is 14.4 Å². The number of pyridine rings is 2. The number of hydrogen-bond acceptors (Lipinski definition) is 6. The topological polar surface area (TPSA) is 122 Å². The molecule has 1 aliphatic carbocycles. The molecule has 1 fully saturated rings. The first-order chi connectivity index (χ1) is 14.5. The molecule has 0 aromatic carbocycles. The molecule has 3 aromatic heterocycles. The van der Waals surface area contributed by atoms with Crippen molar-refractivity contribution in [3.05, 3.63) is 57.1 Å². The Hall–Kier alpha value is -3.49. The molecule has 0 aliphatic heterocycles. The van der Waals surface area contributed by atoms with Gasteiger partial charge in [-0.2, -0.15) is 0 Å². The Balaban J connectivity index is 1.65. The summed E-state index contributed by atoms with van der Waals surface area (Å²) in [4.78, 5) is 48.0. The molecule has 0 bridgehead atoms. The van der Waals surface area contributed by atoms with Crippen molar-refractivity contribution >= 4 is 28.3 Å². The molecule has 1 aliphatic rings. The summed E-state index contributed by atoms with van der Waals surface area (Å²) in [5.74, 6) is -0.409. The number of rotatable bonds is 7. The second-order valence-corrected chi connectivity index (χ2v) is 7.49. The van der Waals surface area contributed by atoms with Crippen molar-refractivity contribution in [2.45, 2.75) is 51.6 Å². The van der Waals surface area contributed by atoms with Crippen molar-refractivity contribution in [1.82, 2.24) is 19.5 Å². The zero-order valence-corrected chi connectivity index (χ0v) is 16.9. The predicted molar refractivity (Wildman–Crippen MR) is 115 cm³/mol. The summed E-state index contributed by atoms with van der Waals surface area (Å²) in [7, 11) is 0. The van der Waals surface area contributed by atoms with E-state index in [0.29, 0.717) is 11.3 Å². The van der Waals surface area contributed by atoms with Crippen LogP contribution in [0.25, 0.3) is 11.0 Å². The Bertz CT molecular complexity index is 1210. The second-order valence-electron chi connectivity index (χ2n) is 7.49. The third-order valence-electron chi connectivity index (χ3n) is 5.37. The minimum atomic E-state index is -0.550. The Labute approximate surface area is 172 Å². The average Bonchev–Trinajstić information content (AvgIpc) is 3.58. The van der Waals surface area contributed by atoms with Crippen LogP contribution in [0.4, 0.5) is 11.4 Å². The maximum atomic E-state index is 12.9. The Kier molecular flexibility index (Phi) is 5.35. The Morgan fingerprint density at radius 1 is 1.23 bits per heavy atom. The van der Waals surface area contributed by atoms with Gasteiger partial charge in [0.2, 0.25) is 0 Å². The molecule has 3 aromatic rings. The minimum Gasteiger partial charge on any atom is -0.381 e. The number of nitrogens with zero attached hydrogens (tertiary/aromatic N) is 3. The first-order valence-corrected chi connectivity index (χ1v) is 10.2. The minimum absolute atomic E-state index is 0.0538. The number of amides is 1. The van der Waals surface area contributed by atoms with Gasteiger partial charge in [0, 0.05) is 24.5 Å². The maximum Gasteiger partial charge on any atom is 0.330 e. The molecule has 1 amide bonds. The fourth-order valence-electron chi connectivity index (χ4n) is 3.46. The summed E-state index contributed by atoms with van der Waals surface area (Å²) < 4.78 is 1.50. The monoisotopic (exact) mass is 408 g/mol. The van der Waals surface area contributed by atoms with Gasteiger partial charge in [0.1, 0.15) is 5.65 Å². The van der Waals surface area contributed by atoms with E-state index in [0.717, 1.165) is 31.4 Å². The van der Waals surface area contributed by atoms with E-state index < -0.39 is 17.2 Å². The molecule has 0 saturated heterocycles. The van der Waals surface area contributed by atoms with Gasteiger partial charge in [-0.1, -0.05) is 13.8 Å². The molecule has 0 radical (unpaired) electrons. The predicted octanol–water partition coefficient (Wildman–Crippen LogP) is 2.67. The van der Waals surface area contributed by atoms with Crippen LogP contribution in [0, 0.1) is 0 Å². The molecular weight excluding hydrogens is 384 g/mol. The van der Waals surface area contributed by atoms with E-state index >= 15 is 0 Å². The molecule has 0 spiro atoms. The summed E-state index contributed by atoms with van der Waals surface area (Å²) in [5, 5.41) is 6.47. The van der Waals surface area contributed by atoms with Crippen LogP contribution in [0.15, 0.2) is 40.3 Å². The second kappa shape index (κ2) is 8.10. The molecule has 3 heterocycles. The zero-order valence-electron chi connectivity index (χ0n) is 16.9. The summed E-state index contributed by atoms with van der Waals surface area (Å²) in [5.41, 5.74) is 0.845. The Morgan fingerprint density at radius 2 is 2.00 bits per heavy atom. The number of carbonyl (C=O) groups excluding carboxylic acids is 1. The van der Waals surface area contributed by atoms with Gasteiger partial charge < -0.3 is 10.6 Å². The van der Waals surface area contributed by atoms with E-state index in [4.69, 9.17) is 0 Å². The van der Waals surface area contributed by atoms with Crippen LogP contribution in [0.1, 0.15) is 55.9 Å². The SMILES string of the molecule is CCC(CC)Nc1ccncc1NC(=O)c1cnc2c(c1)c(=O)[nH]c(=O)n2C1CC1. The van der Waals surface area contributed by atoms with Gasteiger partial charge in [0.15, 0.2) is 0 Å². The van der Waals surface area contributed by atoms with Gasteiger partial charge in [-0.15, -0.1) is 0 Å². The third kappa shape index (κ3) is 3.83. The van der Waals surface area contributed by atoms with Crippen molar-refractivity contribution < 1.29 is 4.79 Å². The molecule has 9 nitrogen and oxygen atoms in total. The Morgan fingerprint density at radius 3 is 2.70 bits per heavy atom. The van der Waals surface area contributed by atoms with Crippen molar-refractivity contribution in [3.63, 3.8) is 0 Å². The molecule has 1 saturated carbocycles. The van der Waals surface area contributed by atoms with Gasteiger partial charge in [-0.3, -0.25) is 24.1 Å². The van der Waals surface area contributed by atoms with E-state index in [1.54, 1.807) is 12.4 Å². The standard InChI is InChI=1S/C21H24N6O3/c1-3-13(4-2)24-16-7-8-22-11-17(16)25-19(28)12-9-15-18(23-10-12)27(14-5-6-14)21(30)26-20(15)29/h7-11,13-14H,3-6H2,1-2H3,(H,22,24)(H,25,28)(H,26,29,30). The summed E-state index contributed by atoms with van der Waals surface area (Å²) in [6.45, 7) is 4.19. The summed E-state index contributed by atoms with van der Waals surface area (Å²) in [6, 6.07) is 3.62. The van der Waals surface area contributed by atoms with Crippen molar-refractivity contribution in [3.8, 4) is 0 Å². The molecule has 30 heavy (non-hydrogen) atoms. The lowest BCUT2D eigenvalue weighted by Gasteiger charge is -2.19. The van der Waals surface area contributed by atoms with Gasteiger partial charge >= 0.3 is 5.69 Å². The molecular formula is C21H24N6O3. The molecule has 0 atom stereocenters. The first-order valence-electron chi connectivity index (χ1n) is 10.2. The van der Waals surface area contributed by atoms with Crippen molar-refractivity contribution in [1.29, 1.82) is 0 Å². The maximum absolute atomic E-state index is 12.9. The number of H-pyrrole nitrogens is 1. The number of nitrogens with one attached hydrogen (secondary N) is 3. The average molecular weight is 408 g/mol. The highest BCUT2D eigenvalue weighted by molar-refractivity contribution is 6.06. The van der Waals surface area contributed by atoms with Crippen molar-refractivity contribution in [2.75, 3.05) is 10.6 Å². The molecule has 9 heteroatoms. The van der Waals surface area contributed by atoms with Crippen LogP contribution in [0.3, 0.4) is 0 Å². The van der Waals surface area contributed by atoms with Gasteiger partial charge in [-0.25, -0.2) is 9.78 Å².